The first-order valence-corrected chi connectivity index (χ1v) is 14.5. The smallest absolute Gasteiger partial charge is 0.333 e. The number of carbonyl (C=O) groups excluding carboxylic acids is 1. The maximum Gasteiger partial charge on any atom is 0.333 e. The van der Waals surface area contributed by atoms with Crippen molar-refractivity contribution in [1.29, 1.82) is 0 Å². The number of hydrogen-bond donors (Lipinski definition) is 0. The Hall–Kier alpha value is -5.15. The van der Waals surface area contributed by atoms with E-state index in [1.807, 2.05) is 12.1 Å². The van der Waals surface area contributed by atoms with Crippen molar-refractivity contribution in [3.8, 4) is 0 Å². The summed E-state index contributed by atoms with van der Waals surface area (Å²) < 4.78 is 5.33. The summed E-state index contributed by atoms with van der Waals surface area (Å²) >= 11 is 0. The van der Waals surface area contributed by atoms with E-state index >= 15 is 0 Å². The van der Waals surface area contributed by atoms with Gasteiger partial charge in [-0.25, -0.2) is 4.79 Å². The molecule has 0 aliphatic rings. The second kappa shape index (κ2) is 13.2. The van der Waals surface area contributed by atoms with E-state index in [2.05, 4.69) is 148 Å². The fourth-order valence-electron chi connectivity index (χ4n) is 4.84. The lowest BCUT2D eigenvalue weighted by atomic mass is 9.94. The Balaban J connectivity index is 1.48. The molecule has 0 radical (unpaired) electrons. The zero-order valence-corrected chi connectivity index (χ0v) is 25.3. The molecule has 0 aromatic heterocycles. The Morgan fingerprint density at radius 2 is 1.02 bits per heavy atom. The van der Waals surface area contributed by atoms with Gasteiger partial charge < -0.3 is 9.64 Å². The van der Waals surface area contributed by atoms with Crippen LogP contribution in [0.1, 0.15) is 45.9 Å². The first-order valence-electron chi connectivity index (χ1n) is 14.5. The van der Waals surface area contributed by atoms with Crippen LogP contribution in [0.2, 0.25) is 0 Å². The molecular formula is C40H37NO2. The second-order valence-electron chi connectivity index (χ2n) is 11.1. The molecule has 0 saturated heterocycles. The molecule has 0 unspecified atom stereocenters. The molecule has 3 nitrogen and oxygen atoms in total. The van der Waals surface area contributed by atoms with Crippen molar-refractivity contribution in [2.45, 2.75) is 34.3 Å². The summed E-state index contributed by atoms with van der Waals surface area (Å²) in [7, 11) is 0. The topological polar surface area (TPSA) is 29.5 Å². The van der Waals surface area contributed by atoms with Crippen LogP contribution in [0.15, 0.2) is 133 Å². The number of anilines is 3. The molecule has 43 heavy (non-hydrogen) atoms. The molecule has 5 aromatic rings. The largest absolute Gasteiger partial charge is 0.457 e. The third kappa shape index (κ3) is 7.38. The third-order valence-corrected chi connectivity index (χ3v) is 7.39. The lowest BCUT2D eigenvalue weighted by Gasteiger charge is -2.26. The molecule has 0 atom stereocenters. The van der Waals surface area contributed by atoms with Gasteiger partial charge in [0.15, 0.2) is 0 Å². The number of rotatable bonds is 9. The van der Waals surface area contributed by atoms with Crippen LogP contribution in [0, 0.1) is 20.8 Å². The molecule has 3 heteroatoms. The number of nitrogens with zero attached hydrogens (tertiary/aromatic N) is 1. The van der Waals surface area contributed by atoms with Crippen molar-refractivity contribution in [1.82, 2.24) is 0 Å². The van der Waals surface area contributed by atoms with E-state index in [1.54, 1.807) is 6.92 Å². The van der Waals surface area contributed by atoms with Crippen molar-refractivity contribution in [2.24, 2.45) is 0 Å². The van der Waals surface area contributed by atoms with Crippen molar-refractivity contribution >= 4 is 34.7 Å². The molecule has 5 aromatic carbocycles. The van der Waals surface area contributed by atoms with E-state index in [-0.39, 0.29) is 12.6 Å². The number of aryl methyl sites for hydroxylation is 3. The molecule has 0 saturated carbocycles. The van der Waals surface area contributed by atoms with Gasteiger partial charge in [-0.05, 0) is 98.0 Å². The van der Waals surface area contributed by atoms with Crippen molar-refractivity contribution in [3.05, 3.63) is 172 Å². The van der Waals surface area contributed by atoms with Crippen LogP contribution in [0.25, 0.3) is 11.6 Å². The highest BCUT2D eigenvalue weighted by atomic mass is 16.5. The highest BCUT2D eigenvalue weighted by molar-refractivity contribution is 5.92. The Morgan fingerprint density at radius 3 is 1.47 bits per heavy atom. The molecule has 0 spiro atoms. The zero-order valence-electron chi connectivity index (χ0n) is 25.3. The highest BCUT2D eigenvalue weighted by Crippen LogP contribution is 2.35. The van der Waals surface area contributed by atoms with E-state index in [9.17, 15) is 4.79 Å². The number of carbonyl (C=O) groups is 1. The van der Waals surface area contributed by atoms with E-state index < -0.39 is 0 Å². The predicted molar refractivity (Wildman–Crippen MR) is 180 cm³/mol. The van der Waals surface area contributed by atoms with Gasteiger partial charge in [0, 0.05) is 22.6 Å². The summed E-state index contributed by atoms with van der Waals surface area (Å²) in [6.07, 6.45) is 2.26. The molecule has 5 rings (SSSR count). The van der Waals surface area contributed by atoms with Gasteiger partial charge in [-0.3, -0.25) is 0 Å². The van der Waals surface area contributed by atoms with Crippen LogP contribution in [0.4, 0.5) is 17.1 Å². The number of hydrogen-bond acceptors (Lipinski definition) is 3. The second-order valence-corrected chi connectivity index (χ2v) is 11.1. The molecule has 0 heterocycles. The average molecular weight is 564 g/mol. The van der Waals surface area contributed by atoms with E-state index in [1.165, 1.54) is 33.4 Å². The van der Waals surface area contributed by atoms with Crippen molar-refractivity contribution in [3.63, 3.8) is 0 Å². The maximum absolute atomic E-state index is 11.8. The SMILES string of the molecule is C=C(C)C(=O)OCc1ccc(N(c2ccc(C)cc2)c2ccc(C=C(c3ccc(C)cc3)c3ccc(C)cc3)cc2)cc1. The molecule has 0 amide bonds. The number of benzene rings is 5. The maximum atomic E-state index is 11.8. The van der Waals surface area contributed by atoms with E-state index in [4.69, 9.17) is 4.74 Å². The van der Waals surface area contributed by atoms with Crippen molar-refractivity contribution in [2.75, 3.05) is 4.90 Å². The Bertz CT molecular complexity index is 1680. The van der Waals surface area contributed by atoms with Crippen LogP contribution < -0.4 is 4.90 Å². The fourth-order valence-corrected chi connectivity index (χ4v) is 4.84. The lowest BCUT2D eigenvalue weighted by molar-refractivity contribution is -0.140. The molecule has 0 fully saturated rings. The monoisotopic (exact) mass is 563 g/mol. The molecule has 214 valence electrons. The van der Waals surface area contributed by atoms with Crippen LogP contribution in [-0.4, -0.2) is 5.97 Å². The Morgan fingerprint density at radius 1 is 0.628 bits per heavy atom. The summed E-state index contributed by atoms with van der Waals surface area (Å²) in [5.74, 6) is -0.382. The van der Waals surface area contributed by atoms with Gasteiger partial charge in [0.2, 0.25) is 0 Å². The van der Waals surface area contributed by atoms with Gasteiger partial charge >= 0.3 is 5.97 Å². The summed E-state index contributed by atoms with van der Waals surface area (Å²) in [4.78, 5) is 14.1. The number of ether oxygens (including phenoxy) is 1. The normalized spacial score (nSPS) is 10.6. The van der Waals surface area contributed by atoms with Gasteiger partial charge in [0.25, 0.3) is 0 Å². The first-order chi connectivity index (χ1) is 20.8. The van der Waals surface area contributed by atoms with E-state index in [0.29, 0.717) is 5.57 Å². The van der Waals surface area contributed by atoms with Gasteiger partial charge in [0.05, 0.1) is 0 Å². The van der Waals surface area contributed by atoms with Gasteiger partial charge in [0.1, 0.15) is 6.61 Å². The van der Waals surface area contributed by atoms with E-state index in [0.717, 1.165) is 28.2 Å². The lowest BCUT2D eigenvalue weighted by Crippen LogP contribution is -2.10. The number of esters is 1. The molecule has 0 aliphatic heterocycles. The predicted octanol–water partition coefficient (Wildman–Crippen LogP) is 10.3. The summed E-state index contributed by atoms with van der Waals surface area (Å²) in [5.41, 5.74) is 12.8. The average Bonchev–Trinajstić information content (AvgIpc) is 3.02. The van der Waals surface area contributed by atoms with Crippen LogP contribution in [0.3, 0.4) is 0 Å². The van der Waals surface area contributed by atoms with Crippen LogP contribution in [0.5, 0.6) is 0 Å². The molecular weight excluding hydrogens is 526 g/mol. The minimum absolute atomic E-state index is 0.210. The minimum atomic E-state index is -0.382. The molecule has 0 bridgehead atoms. The minimum Gasteiger partial charge on any atom is -0.457 e. The van der Waals surface area contributed by atoms with Crippen LogP contribution in [-0.2, 0) is 16.1 Å². The van der Waals surface area contributed by atoms with Crippen LogP contribution >= 0.6 is 0 Å². The summed E-state index contributed by atoms with van der Waals surface area (Å²) in [6.45, 7) is 11.8. The zero-order chi connectivity index (χ0) is 30.3. The standard InChI is InChI=1S/C40H37NO2/c1-28(2)40(42)43-27-33-14-24-38(25-15-33)41(36-20-10-31(5)11-21-36)37-22-12-32(13-23-37)26-39(34-16-6-29(3)7-17-34)35-18-8-30(4)9-19-35/h6-26H,1,27H2,2-5H3. The summed E-state index contributed by atoms with van der Waals surface area (Å²) in [6, 6.07) is 42.7. The van der Waals surface area contributed by atoms with Gasteiger partial charge in [-0.1, -0.05) is 108 Å². The molecule has 0 aliphatic carbocycles. The summed E-state index contributed by atoms with van der Waals surface area (Å²) in [5, 5.41) is 0. The quantitative estimate of drug-likeness (QED) is 0.101. The van der Waals surface area contributed by atoms with Crippen molar-refractivity contribution < 1.29 is 9.53 Å². The third-order valence-electron chi connectivity index (χ3n) is 7.39. The highest BCUT2D eigenvalue weighted by Gasteiger charge is 2.13. The fraction of sp³-hybridized carbons (Fsp3) is 0.125. The molecule has 0 N–H and O–H groups in total. The first kappa shape index (κ1) is 29.3. The van der Waals surface area contributed by atoms with Gasteiger partial charge in [-0.2, -0.15) is 0 Å². The van der Waals surface area contributed by atoms with Gasteiger partial charge in [-0.15, -0.1) is 0 Å². The Kier molecular flexibility index (Phi) is 9.02. The Labute approximate surface area is 255 Å².